The highest BCUT2D eigenvalue weighted by Crippen LogP contribution is 2.44. The van der Waals surface area contributed by atoms with Crippen LogP contribution in [0.1, 0.15) is 30.4 Å². The van der Waals surface area contributed by atoms with E-state index in [-0.39, 0.29) is 18.9 Å². The van der Waals surface area contributed by atoms with Gasteiger partial charge in [0.2, 0.25) is 0 Å². The van der Waals surface area contributed by atoms with Crippen molar-refractivity contribution in [1.82, 2.24) is 4.90 Å². The van der Waals surface area contributed by atoms with Crippen LogP contribution >= 0.6 is 0 Å². The summed E-state index contributed by atoms with van der Waals surface area (Å²) in [5.74, 6) is -0.940. The van der Waals surface area contributed by atoms with E-state index in [4.69, 9.17) is 9.84 Å². The number of hydrogen-bond donors (Lipinski definition) is 1. The van der Waals surface area contributed by atoms with Crippen molar-refractivity contribution >= 4 is 12.1 Å². The highest BCUT2D eigenvalue weighted by Gasteiger charge is 2.29. The van der Waals surface area contributed by atoms with Crippen molar-refractivity contribution in [2.24, 2.45) is 0 Å². The Morgan fingerprint density at radius 3 is 2.12 bits per heavy atom. The van der Waals surface area contributed by atoms with Gasteiger partial charge in [0.15, 0.2) is 0 Å². The molecule has 1 aliphatic rings. The second kappa shape index (κ2) is 6.97. The molecule has 5 nitrogen and oxygen atoms in total. The number of rotatable bonds is 5. The molecule has 2 aromatic carbocycles. The highest BCUT2D eigenvalue weighted by molar-refractivity contribution is 5.79. The Labute approximate surface area is 146 Å². The molecule has 0 spiro atoms. The average Bonchev–Trinajstić information content (AvgIpc) is 2.92. The fourth-order valence-corrected chi connectivity index (χ4v) is 3.27. The smallest absolute Gasteiger partial charge is 0.409 e. The summed E-state index contributed by atoms with van der Waals surface area (Å²) in [6.45, 7) is 1.92. The molecule has 25 heavy (non-hydrogen) atoms. The largest absolute Gasteiger partial charge is 0.481 e. The van der Waals surface area contributed by atoms with Gasteiger partial charge in [-0.3, -0.25) is 4.79 Å². The molecule has 3 rings (SSSR count). The van der Waals surface area contributed by atoms with Crippen LogP contribution in [0.2, 0.25) is 0 Å². The van der Waals surface area contributed by atoms with E-state index in [2.05, 4.69) is 24.3 Å². The van der Waals surface area contributed by atoms with Crippen LogP contribution in [0.4, 0.5) is 4.79 Å². The summed E-state index contributed by atoms with van der Waals surface area (Å²) in [6.07, 6.45) is -0.614. The molecule has 0 saturated carbocycles. The van der Waals surface area contributed by atoms with Crippen molar-refractivity contribution in [3.63, 3.8) is 0 Å². The number of carbonyl (C=O) groups excluding carboxylic acids is 1. The van der Waals surface area contributed by atoms with Crippen LogP contribution in [0, 0.1) is 0 Å². The van der Waals surface area contributed by atoms with E-state index in [0.29, 0.717) is 0 Å². The van der Waals surface area contributed by atoms with Gasteiger partial charge >= 0.3 is 12.1 Å². The lowest BCUT2D eigenvalue weighted by Gasteiger charge is -2.24. The van der Waals surface area contributed by atoms with Crippen molar-refractivity contribution in [2.75, 3.05) is 13.7 Å². The predicted molar refractivity (Wildman–Crippen MR) is 94.5 cm³/mol. The molecule has 0 unspecified atom stereocenters. The predicted octanol–water partition coefficient (Wildman–Crippen LogP) is 3.73. The lowest BCUT2D eigenvalue weighted by Crippen LogP contribution is -2.37. The van der Waals surface area contributed by atoms with E-state index >= 15 is 0 Å². The number of carboxylic acids is 1. The first-order valence-electron chi connectivity index (χ1n) is 8.28. The van der Waals surface area contributed by atoms with Crippen LogP contribution in [-0.2, 0) is 9.53 Å². The Bertz CT molecular complexity index is 756. The van der Waals surface area contributed by atoms with Crippen LogP contribution in [0.5, 0.6) is 0 Å². The van der Waals surface area contributed by atoms with E-state index in [9.17, 15) is 9.59 Å². The molecule has 0 saturated heterocycles. The van der Waals surface area contributed by atoms with Gasteiger partial charge in [-0.25, -0.2) is 4.79 Å². The van der Waals surface area contributed by atoms with Crippen molar-refractivity contribution in [1.29, 1.82) is 0 Å². The SMILES string of the molecule is C[C@H](CC(=O)O)N(C)C(=O)OCC1c2ccccc2-c2ccccc21. The van der Waals surface area contributed by atoms with Crippen LogP contribution in [0.3, 0.4) is 0 Å². The van der Waals surface area contributed by atoms with E-state index in [0.717, 1.165) is 11.1 Å². The first kappa shape index (κ1) is 17.0. The first-order chi connectivity index (χ1) is 12.0. The molecule has 1 amide bonds. The van der Waals surface area contributed by atoms with Gasteiger partial charge in [0.1, 0.15) is 6.61 Å². The fourth-order valence-electron chi connectivity index (χ4n) is 3.27. The van der Waals surface area contributed by atoms with Crippen LogP contribution in [-0.4, -0.2) is 41.8 Å². The Morgan fingerprint density at radius 2 is 1.60 bits per heavy atom. The Kier molecular flexibility index (Phi) is 4.74. The van der Waals surface area contributed by atoms with Crippen molar-refractivity contribution in [2.45, 2.75) is 25.3 Å². The van der Waals surface area contributed by atoms with E-state index in [1.165, 1.54) is 16.0 Å². The monoisotopic (exact) mass is 339 g/mol. The topological polar surface area (TPSA) is 66.8 Å². The molecular weight excluding hydrogens is 318 g/mol. The fraction of sp³-hybridized carbons (Fsp3) is 0.300. The van der Waals surface area contributed by atoms with Crippen LogP contribution in [0.25, 0.3) is 11.1 Å². The molecule has 1 atom stereocenters. The summed E-state index contributed by atoms with van der Waals surface area (Å²) in [7, 11) is 1.56. The minimum atomic E-state index is -0.939. The molecule has 1 aliphatic carbocycles. The molecule has 0 fully saturated rings. The first-order valence-corrected chi connectivity index (χ1v) is 8.28. The van der Waals surface area contributed by atoms with E-state index < -0.39 is 18.1 Å². The molecule has 130 valence electrons. The molecule has 0 heterocycles. The molecule has 0 radical (unpaired) electrons. The van der Waals surface area contributed by atoms with Crippen molar-refractivity contribution in [3.8, 4) is 11.1 Å². The highest BCUT2D eigenvalue weighted by atomic mass is 16.6. The Balaban J connectivity index is 1.73. The zero-order chi connectivity index (χ0) is 18.0. The van der Waals surface area contributed by atoms with Gasteiger partial charge in [-0.2, -0.15) is 0 Å². The van der Waals surface area contributed by atoms with Gasteiger partial charge in [-0.15, -0.1) is 0 Å². The number of carboxylic acid groups (broad SMARTS) is 1. The third-order valence-corrected chi connectivity index (χ3v) is 4.76. The maximum Gasteiger partial charge on any atom is 0.409 e. The van der Waals surface area contributed by atoms with Crippen LogP contribution in [0.15, 0.2) is 48.5 Å². The van der Waals surface area contributed by atoms with Gasteiger partial charge < -0.3 is 14.7 Å². The second-order valence-corrected chi connectivity index (χ2v) is 6.36. The Hall–Kier alpha value is -2.82. The zero-order valence-corrected chi connectivity index (χ0v) is 14.3. The maximum atomic E-state index is 12.3. The summed E-state index contributed by atoms with van der Waals surface area (Å²) < 4.78 is 5.50. The number of benzene rings is 2. The number of aliphatic carboxylic acids is 1. The van der Waals surface area contributed by atoms with E-state index in [1.54, 1.807) is 14.0 Å². The van der Waals surface area contributed by atoms with Crippen molar-refractivity contribution < 1.29 is 19.4 Å². The summed E-state index contributed by atoms with van der Waals surface area (Å²) in [5.41, 5.74) is 4.65. The zero-order valence-electron chi connectivity index (χ0n) is 14.3. The molecule has 2 aromatic rings. The second-order valence-electron chi connectivity index (χ2n) is 6.36. The minimum absolute atomic E-state index is 0.000435. The summed E-state index contributed by atoms with van der Waals surface area (Å²) >= 11 is 0. The quantitative estimate of drug-likeness (QED) is 0.901. The number of amides is 1. The third-order valence-electron chi connectivity index (χ3n) is 4.76. The molecule has 1 N–H and O–H groups in total. The maximum absolute atomic E-state index is 12.3. The average molecular weight is 339 g/mol. The summed E-state index contributed by atoms with van der Waals surface area (Å²) in [5, 5.41) is 8.86. The van der Waals surface area contributed by atoms with Gasteiger partial charge in [0, 0.05) is 19.0 Å². The number of carbonyl (C=O) groups is 2. The normalized spacial score (nSPS) is 13.7. The Morgan fingerprint density at radius 1 is 1.08 bits per heavy atom. The van der Waals surface area contributed by atoms with Gasteiger partial charge in [0.05, 0.1) is 6.42 Å². The number of nitrogens with zero attached hydrogens (tertiary/aromatic N) is 1. The summed E-state index contributed by atoms with van der Waals surface area (Å²) in [6, 6.07) is 15.8. The van der Waals surface area contributed by atoms with E-state index in [1.807, 2.05) is 24.3 Å². The van der Waals surface area contributed by atoms with Gasteiger partial charge in [-0.05, 0) is 29.2 Å². The molecular formula is C20H21NO4. The summed E-state index contributed by atoms with van der Waals surface area (Å²) in [4.78, 5) is 24.4. The molecule has 0 aromatic heterocycles. The molecule has 5 heteroatoms. The third kappa shape index (κ3) is 3.36. The number of ether oxygens (including phenoxy) is 1. The van der Waals surface area contributed by atoms with Crippen molar-refractivity contribution in [3.05, 3.63) is 59.7 Å². The minimum Gasteiger partial charge on any atom is -0.481 e. The van der Waals surface area contributed by atoms with Crippen LogP contribution < -0.4 is 0 Å². The number of fused-ring (bicyclic) bond motifs is 3. The molecule has 0 bridgehead atoms. The lowest BCUT2D eigenvalue weighted by molar-refractivity contribution is -0.138. The van der Waals surface area contributed by atoms with Gasteiger partial charge in [-0.1, -0.05) is 48.5 Å². The molecule has 0 aliphatic heterocycles. The number of hydrogen-bond acceptors (Lipinski definition) is 3. The standard InChI is InChI=1S/C20H21NO4/c1-13(11-19(22)23)21(2)20(24)25-12-18-16-9-5-3-7-14(16)15-8-4-6-10-17(15)18/h3-10,13,18H,11-12H2,1-2H3,(H,22,23)/t13-/m1/s1. The lowest BCUT2D eigenvalue weighted by atomic mass is 9.98. The van der Waals surface area contributed by atoms with Gasteiger partial charge in [0.25, 0.3) is 0 Å².